The van der Waals surface area contributed by atoms with Gasteiger partial charge >= 0.3 is 0 Å². The molecule has 0 bridgehead atoms. The Balaban J connectivity index is 2.57. The molecule has 3 nitrogen and oxygen atoms in total. The molecule has 0 heterocycles. The summed E-state index contributed by atoms with van der Waals surface area (Å²) in [4.78, 5) is 11.8. The van der Waals surface area contributed by atoms with Crippen LogP contribution in [0.5, 0.6) is 0 Å². The first-order chi connectivity index (χ1) is 8.17. The van der Waals surface area contributed by atoms with Gasteiger partial charge in [0.05, 0.1) is 5.92 Å². The second-order valence-corrected chi connectivity index (χ2v) is 4.41. The Labute approximate surface area is 103 Å². The maximum absolute atomic E-state index is 11.8. The lowest BCUT2D eigenvalue weighted by Crippen LogP contribution is -2.36. The van der Waals surface area contributed by atoms with Crippen LogP contribution in [-0.2, 0) is 11.2 Å². The van der Waals surface area contributed by atoms with E-state index in [4.69, 9.17) is 5.73 Å². The summed E-state index contributed by atoms with van der Waals surface area (Å²) in [6, 6.07) is 8.25. The molecule has 1 amide bonds. The summed E-state index contributed by atoms with van der Waals surface area (Å²) in [6.07, 6.45) is 1.67. The maximum atomic E-state index is 11.8. The van der Waals surface area contributed by atoms with Gasteiger partial charge in [-0.25, -0.2) is 0 Å². The predicted octanol–water partition coefficient (Wildman–Crippen LogP) is 1.64. The van der Waals surface area contributed by atoms with Crippen LogP contribution in [0.25, 0.3) is 0 Å². The number of carbonyl (C=O) groups is 1. The first kappa shape index (κ1) is 13.7. The Bertz CT molecular complexity index is 346. The zero-order valence-corrected chi connectivity index (χ0v) is 10.7. The van der Waals surface area contributed by atoms with Crippen molar-refractivity contribution in [3.63, 3.8) is 0 Å². The standard InChI is InChI=1S/C14H22N2O/c1-3-8-16-14(17)13(10-15)9-12-6-4-11(2)5-7-12/h4-7,13H,3,8-10,15H2,1-2H3,(H,16,17). The van der Waals surface area contributed by atoms with E-state index in [2.05, 4.69) is 36.5 Å². The van der Waals surface area contributed by atoms with Gasteiger partial charge in [-0.3, -0.25) is 4.79 Å². The first-order valence-electron chi connectivity index (χ1n) is 6.20. The topological polar surface area (TPSA) is 55.1 Å². The smallest absolute Gasteiger partial charge is 0.224 e. The molecule has 0 aromatic heterocycles. The van der Waals surface area contributed by atoms with E-state index in [0.29, 0.717) is 13.0 Å². The summed E-state index contributed by atoms with van der Waals surface area (Å²) < 4.78 is 0. The van der Waals surface area contributed by atoms with Crippen LogP contribution in [0.15, 0.2) is 24.3 Å². The molecule has 0 aliphatic carbocycles. The van der Waals surface area contributed by atoms with E-state index in [1.54, 1.807) is 0 Å². The van der Waals surface area contributed by atoms with Crippen LogP contribution in [0.2, 0.25) is 0 Å². The average molecular weight is 234 g/mol. The summed E-state index contributed by atoms with van der Waals surface area (Å²) in [5.74, 6) is -0.0563. The SMILES string of the molecule is CCCNC(=O)C(CN)Cc1ccc(C)cc1. The third kappa shape index (κ3) is 4.57. The molecule has 0 saturated heterocycles. The molecule has 0 spiro atoms. The molecule has 94 valence electrons. The molecule has 1 unspecified atom stereocenters. The van der Waals surface area contributed by atoms with Crippen LogP contribution in [0, 0.1) is 12.8 Å². The molecule has 0 aliphatic heterocycles. The molecule has 1 rings (SSSR count). The monoisotopic (exact) mass is 234 g/mol. The minimum Gasteiger partial charge on any atom is -0.356 e. The van der Waals surface area contributed by atoms with Gasteiger partial charge < -0.3 is 11.1 Å². The summed E-state index contributed by atoms with van der Waals surface area (Å²) in [5, 5.41) is 2.90. The van der Waals surface area contributed by atoms with Gasteiger partial charge in [0.2, 0.25) is 5.91 Å². The quantitative estimate of drug-likeness (QED) is 0.786. The van der Waals surface area contributed by atoms with Crippen molar-refractivity contribution >= 4 is 5.91 Å². The molecule has 0 saturated carbocycles. The second kappa shape index (κ2) is 7.07. The van der Waals surface area contributed by atoms with Gasteiger partial charge in [0.1, 0.15) is 0 Å². The van der Waals surface area contributed by atoms with Crippen molar-refractivity contribution in [1.29, 1.82) is 0 Å². The second-order valence-electron chi connectivity index (χ2n) is 4.41. The van der Waals surface area contributed by atoms with Crippen molar-refractivity contribution in [3.8, 4) is 0 Å². The molecule has 0 aliphatic rings. The Morgan fingerprint density at radius 3 is 2.53 bits per heavy atom. The van der Waals surface area contributed by atoms with Crippen molar-refractivity contribution < 1.29 is 4.79 Å². The van der Waals surface area contributed by atoms with E-state index in [-0.39, 0.29) is 11.8 Å². The normalized spacial score (nSPS) is 12.2. The van der Waals surface area contributed by atoms with E-state index in [1.807, 2.05) is 6.92 Å². The highest BCUT2D eigenvalue weighted by atomic mass is 16.1. The molecular formula is C14H22N2O. The highest BCUT2D eigenvalue weighted by Crippen LogP contribution is 2.09. The summed E-state index contributed by atoms with van der Waals surface area (Å²) in [5.41, 5.74) is 8.06. The lowest BCUT2D eigenvalue weighted by molar-refractivity contribution is -0.124. The fraction of sp³-hybridized carbons (Fsp3) is 0.500. The molecule has 3 heteroatoms. The molecule has 1 atom stereocenters. The average Bonchev–Trinajstić information content (AvgIpc) is 2.35. The fourth-order valence-corrected chi connectivity index (χ4v) is 1.68. The Kier molecular flexibility index (Phi) is 5.70. The van der Waals surface area contributed by atoms with E-state index >= 15 is 0 Å². The van der Waals surface area contributed by atoms with Crippen molar-refractivity contribution in [2.45, 2.75) is 26.7 Å². The van der Waals surface area contributed by atoms with Crippen LogP contribution >= 0.6 is 0 Å². The van der Waals surface area contributed by atoms with Crippen molar-refractivity contribution in [1.82, 2.24) is 5.32 Å². The van der Waals surface area contributed by atoms with E-state index < -0.39 is 0 Å². The maximum Gasteiger partial charge on any atom is 0.224 e. The number of benzene rings is 1. The van der Waals surface area contributed by atoms with Crippen LogP contribution in [-0.4, -0.2) is 19.0 Å². The molecule has 3 N–H and O–H groups in total. The molecule has 17 heavy (non-hydrogen) atoms. The molecule has 1 aromatic carbocycles. The Morgan fingerprint density at radius 1 is 1.35 bits per heavy atom. The van der Waals surface area contributed by atoms with Gasteiger partial charge in [0.15, 0.2) is 0 Å². The van der Waals surface area contributed by atoms with Gasteiger partial charge in [-0.1, -0.05) is 36.8 Å². The van der Waals surface area contributed by atoms with E-state index in [0.717, 1.165) is 18.5 Å². The van der Waals surface area contributed by atoms with Crippen LogP contribution < -0.4 is 11.1 Å². The number of nitrogens with two attached hydrogens (primary N) is 1. The minimum atomic E-state index is -0.121. The largest absolute Gasteiger partial charge is 0.356 e. The summed E-state index contributed by atoms with van der Waals surface area (Å²) in [7, 11) is 0. The third-order valence-electron chi connectivity index (χ3n) is 2.81. The highest BCUT2D eigenvalue weighted by Gasteiger charge is 2.16. The van der Waals surface area contributed by atoms with Gasteiger partial charge in [-0.15, -0.1) is 0 Å². The summed E-state index contributed by atoms with van der Waals surface area (Å²) >= 11 is 0. The van der Waals surface area contributed by atoms with Crippen LogP contribution in [0.4, 0.5) is 0 Å². The molecular weight excluding hydrogens is 212 g/mol. The van der Waals surface area contributed by atoms with Gasteiger partial charge in [-0.2, -0.15) is 0 Å². The number of nitrogens with one attached hydrogen (secondary N) is 1. The predicted molar refractivity (Wildman–Crippen MR) is 70.7 cm³/mol. The van der Waals surface area contributed by atoms with Crippen LogP contribution in [0.3, 0.4) is 0 Å². The number of aryl methyl sites for hydroxylation is 1. The first-order valence-corrected chi connectivity index (χ1v) is 6.20. The van der Waals surface area contributed by atoms with Crippen molar-refractivity contribution in [2.75, 3.05) is 13.1 Å². The van der Waals surface area contributed by atoms with Crippen molar-refractivity contribution in [3.05, 3.63) is 35.4 Å². The number of hydrogen-bond acceptors (Lipinski definition) is 2. The third-order valence-corrected chi connectivity index (χ3v) is 2.81. The van der Waals surface area contributed by atoms with E-state index in [9.17, 15) is 4.79 Å². The van der Waals surface area contributed by atoms with Gasteiger partial charge in [0.25, 0.3) is 0 Å². The molecule has 0 fully saturated rings. The van der Waals surface area contributed by atoms with Gasteiger partial charge in [0, 0.05) is 13.1 Å². The Hall–Kier alpha value is -1.35. The molecule has 1 aromatic rings. The molecule has 0 radical (unpaired) electrons. The lowest BCUT2D eigenvalue weighted by Gasteiger charge is -2.14. The zero-order chi connectivity index (χ0) is 12.7. The number of amides is 1. The highest BCUT2D eigenvalue weighted by molar-refractivity contribution is 5.79. The van der Waals surface area contributed by atoms with Crippen LogP contribution in [0.1, 0.15) is 24.5 Å². The van der Waals surface area contributed by atoms with E-state index in [1.165, 1.54) is 5.56 Å². The number of hydrogen-bond donors (Lipinski definition) is 2. The fourth-order valence-electron chi connectivity index (χ4n) is 1.68. The van der Waals surface area contributed by atoms with Gasteiger partial charge in [-0.05, 0) is 25.3 Å². The number of rotatable bonds is 6. The summed E-state index contributed by atoms with van der Waals surface area (Å²) in [6.45, 7) is 5.21. The van der Waals surface area contributed by atoms with Crippen molar-refractivity contribution in [2.24, 2.45) is 11.7 Å². The zero-order valence-electron chi connectivity index (χ0n) is 10.7. The Morgan fingerprint density at radius 2 is 2.00 bits per heavy atom. The number of carbonyl (C=O) groups excluding carboxylic acids is 1. The minimum absolute atomic E-state index is 0.0647. The lowest BCUT2D eigenvalue weighted by atomic mass is 9.98.